The number of anilines is 1. The Morgan fingerprint density at radius 3 is 2.53 bits per heavy atom. The normalized spacial score (nSPS) is 13.2. The van der Waals surface area contributed by atoms with Crippen molar-refractivity contribution >= 4 is 23.3 Å². The van der Waals surface area contributed by atoms with E-state index in [-0.39, 0.29) is 17.4 Å². The number of methoxy groups -OCH3 is 1. The maximum Gasteiger partial charge on any atom is 0.269 e. The first-order valence-corrected chi connectivity index (χ1v) is 12.2. The van der Waals surface area contributed by atoms with Crippen molar-refractivity contribution in [1.29, 1.82) is 0 Å². The van der Waals surface area contributed by atoms with Crippen molar-refractivity contribution in [2.75, 3.05) is 12.0 Å². The SMILES string of the molecule is COc1ccc2c(c1)C(=O)N(c1cccc(-c3nnc(C(N)=O)c4c3-c3ccc(C(C)=O)cc3C4)c1C)C2. The monoisotopic (exact) mass is 504 g/mol. The number of nitrogens with two attached hydrogens (primary N) is 1. The van der Waals surface area contributed by atoms with Crippen LogP contribution in [0.1, 0.15) is 60.4 Å². The van der Waals surface area contributed by atoms with E-state index in [1.807, 2.05) is 49.4 Å². The molecule has 0 radical (unpaired) electrons. The Hall–Kier alpha value is -4.85. The number of rotatable bonds is 5. The van der Waals surface area contributed by atoms with Crippen molar-refractivity contribution < 1.29 is 19.1 Å². The molecule has 0 fully saturated rings. The lowest BCUT2D eigenvalue weighted by Crippen LogP contribution is -2.24. The number of ketones is 1. The number of ether oxygens (including phenoxy) is 1. The molecule has 0 bridgehead atoms. The van der Waals surface area contributed by atoms with Crippen LogP contribution >= 0.6 is 0 Å². The van der Waals surface area contributed by atoms with Crippen LogP contribution in [0.25, 0.3) is 22.4 Å². The van der Waals surface area contributed by atoms with Crippen molar-refractivity contribution in [3.63, 3.8) is 0 Å². The van der Waals surface area contributed by atoms with Crippen molar-refractivity contribution in [1.82, 2.24) is 10.2 Å². The van der Waals surface area contributed by atoms with Crippen LogP contribution in [0, 0.1) is 6.92 Å². The van der Waals surface area contributed by atoms with E-state index in [4.69, 9.17) is 10.5 Å². The zero-order chi connectivity index (χ0) is 26.7. The van der Waals surface area contributed by atoms with E-state index in [2.05, 4.69) is 10.2 Å². The molecular weight excluding hydrogens is 480 g/mol. The largest absolute Gasteiger partial charge is 0.497 e. The Balaban J connectivity index is 1.49. The highest BCUT2D eigenvalue weighted by molar-refractivity contribution is 6.11. The fourth-order valence-electron chi connectivity index (χ4n) is 5.49. The van der Waals surface area contributed by atoms with Gasteiger partial charge in [0.1, 0.15) is 11.4 Å². The van der Waals surface area contributed by atoms with E-state index in [0.717, 1.165) is 39.1 Å². The number of nitrogens with zero attached hydrogens (tertiary/aromatic N) is 3. The highest BCUT2D eigenvalue weighted by Crippen LogP contribution is 2.45. The molecule has 6 rings (SSSR count). The summed E-state index contributed by atoms with van der Waals surface area (Å²) in [5.74, 6) is -0.146. The number of hydrogen-bond donors (Lipinski definition) is 1. The molecule has 1 aromatic heterocycles. The van der Waals surface area contributed by atoms with Gasteiger partial charge in [-0.05, 0) is 65.9 Å². The lowest BCUT2D eigenvalue weighted by molar-refractivity contribution is 0.0986. The van der Waals surface area contributed by atoms with Gasteiger partial charge in [-0.3, -0.25) is 14.4 Å². The third-order valence-corrected chi connectivity index (χ3v) is 7.43. The van der Waals surface area contributed by atoms with Gasteiger partial charge < -0.3 is 15.4 Å². The lowest BCUT2D eigenvalue weighted by atomic mass is 9.94. The number of Topliss-reactive ketones (excluding diaryl/α,β-unsaturated/α-hetero) is 1. The van der Waals surface area contributed by atoms with E-state index in [1.54, 1.807) is 24.1 Å². The van der Waals surface area contributed by atoms with Crippen LogP contribution in [0.15, 0.2) is 54.6 Å². The molecule has 3 aromatic carbocycles. The van der Waals surface area contributed by atoms with E-state index in [0.29, 0.717) is 41.1 Å². The molecule has 0 spiro atoms. The van der Waals surface area contributed by atoms with Gasteiger partial charge in [0.25, 0.3) is 11.8 Å². The number of benzene rings is 3. The number of carbonyl (C=O) groups is 3. The molecule has 0 saturated heterocycles. The van der Waals surface area contributed by atoms with Crippen LogP contribution in [0.2, 0.25) is 0 Å². The maximum atomic E-state index is 13.4. The highest BCUT2D eigenvalue weighted by Gasteiger charge is 2.33. The Morgan fingerprint density at radius 1 is 0.974 bits per heavy atom. The second-order valence-corrected chi connectivity index (χ2v) is 9.58. The number of fused-ring (bicyclic) bond motifs is 4. The maximum absolute atomic E-state index is 13.4. The summed E-state index contributed by atoms with van der Waals surface area (Å²) in [6, 6.07) is 16.8. The van der Waals surface area contributed by atoms with Crippen molar-refractivity contribution in [3.8, 4) is 28.1 Å². The number of amides is 2. The summed E-state index contributed by atoms with van der Waals surface area (Å²) in [7, 11) is 1.58. The number of hydrogen-bond acceptors (Lipinski definition) is 6. The van der Waals surface area contributed by atoms with Gasteiger partial charge >= 0.3 is 0 Å². The molecule has 0 atom stereocenters. The second-order valence-electron chi connectivity index (χ2n) is 9.58. The molecular formula is C30H24N4O4. The van der Waals surface area contributed by atoms with Gasteiger partial charge in [0.15, 0.2) is 11.5 Å². The van der Waals surface area contributed by atoms with Gasteiger partial charge in [0.05, 0.1) is 13.7 Å². The molecule has 4 aromatic rings. The van der Waals surface area contributed by atoms with E-state index in [9.17, 15) is 14.4 Å². The van der Waals surface area contributed by atoms with Crippen molar-refractivity contribution in [2.45, 2.75) is 26.8 Å². The smallest absolute Gasteiger partial charge is 0.269 e. The van der Waals surface area contributed by atoms with Crippen LogP contribution in [-0.4, -0.2) is 34.9 Å². The van der Waals surface area contributed by atoms with E-state index >= 15 is 0 Å². The molecule has 2 amide bonds. The summed E-state index contributed by atoms with van der Waals surface area (Å²) in [6.45, 7) is 3.92. The van der Waals surface area contributed by atoms with Gasteiger partial charge in [-0.15, -0.1) is 10.2 Å². The fourth-order valence-corrected chi connectivity index (χ4v) is 5.49. The minimum absolute atomic E-state index is 0.0344. The van der Waals surface area contributed by atoms with Crippen LogP contribution in [0.4, 0.5) is 5.69 Å². The quantitative estimate of drug-likeness (QED) is 0.353. The van der Waals surface area contributed by atoms with E-state index < -0.39 is 5.91 Å². The molecule has 1 aliphatic heterocycles. The first kappa shape index (κ1) is 23.5. The highest BCUT2D eigenvalue weighted by atomic mass is 16.5. The van der Waals surface area contributed by atoms with Crippen LogP contribution in [0.5, 0.6) is 5.75 Å². The second kappa shape index (κ2) is 8.62. The standard InChI is InChI=1S/C30H24N4O4/c1-15-21(5-4-6-25(15)34-14-18-7-9-20(38-3)13-23(18)30(34)37)27-26-22-10-8-17(16(2)35)11-19(22)12-24(26)28(29(31)36)33-32-27/h4-11,13H,12,14H2,1-3H3,(H2,31,36). The van der Waals surface area contributed by atoms with Crippen LogP contribution < -0.4 is 15.4 Å². The topological polar surface area (TPSA) is 115 Å². The molecule has 0 saturated carbocycles. The number of primary amides is 1. The number of carbonyl (C=O) groups excluding carboxylic acids is 3. The van der Waals surface area contributed by atoms with Gasteiger partial charge in [-0.25, -0.2) is 0 Å². The Labute approximate surface area is 219 Å². The van der Waals surface area contributed by atoms with Gasteiger partial charge in [0.2, 0.25) is 0 Å². The zero-order valence-corrected chi connectivity index (χ0v) is 21.2. The molecule has 8 nitrogen and oxygen atoms in total. The summed E-state index contributed by atoms with van der Waals surface area (Å²) >= 11 is 0. The average molecular weight is 505 g/mol. The minimum Gasteiger partial charge on any atom is -0.497 e. The van der Waals surface area contributed by atoms with Crippen LogP contribution in [0.3, 0.4) is 0 Å². The Morgan fingerprint density at radius 2 is 1.79 bits per heavy atom. The summed E-state index contributed by atoms with van der Waals surface area (Å²) < 4.78 is 5.31. The summed E-state index contributed by atoms with van der Waals surface area (Å²) in [4.78, 5) is 39.4. The predicted molar refractivity (Wildman–Crippen MR) is 142 cm³/mol. The van der Waals surface area contributed by atoms with Gasteiger partial charge in [-0.1, -0.05) is 30.3 Å². The van der Waals surface area contributed by atoms with Gasteiger partial charge in [0, 0.05) is 34.4 Å². The third-order valence-electron chi connectivity index (χ3n) is 7.43. The first-order chi connectivity index (χ1) is 18.3. The Bertz CT molecular complexity index is 1710. The molecule has 8 heteroatoms. The Kier molecular flexibility index (Phi) is 5.34. The molecule has 0 unspecified atom stereocenters. The minimum atomic E-state index is -0.652. The van der Waals surface area contributed by atoms with Crippen molar-refractivity contribution in [3.05, 3.63) is 93.7 Å². The summed E-state index contributed by atoms with van der Waals surface area (Å²) in [5, 5.41) is 8.69. The molecule has 38 heavy (non-hydrogen) atoms. The third kappa shape index (κ3) is 3.48. The molecule has 1 aliphatic carbocycles. The first-order valence-electron chi connectivity index (χ1n) is 12.2. The molecule has 2 aliphatic rings. The lowest BCUT2D eigenvalue weighted by Gasteiger charge is -2.21. The number of aromatic nitrogens is 2. The zero-order valence-electron chi connectivity index (χ0n) is 21.2. The van der Waals surface area contributed by atoms with E-state index in [1.165, 1.54) is 6.92 Å². The molecule has 188 valence electrons. The van der Waals surface area contributed by atoms with Crippen LogP contribution in [-0.2, 0) is 13.0 Å². The summed E-state index contributed by atoms with van der Waals surface area (Å²) in [5.41, 5.74) is 14.2. The summed E-state index contributed by atoms with van der Waals surface area (Å²) in [6.07, 6.45) is 0.424. The molecule has 2 heterocycles. The predicted octanol–water partition coefficient (Wildman–Crippen LogP) is 4.49. The van der Waals surface area contributed by atoms with Crippen molar-refractivity contribution in [2.24, 2.45) is 5.73 Å². The van der Waals surface area contributed by atoms with Gasteiger partial charge in [-0.2, -0.15) is 0 Å². The average Bonchev–Trinajstić information content (AvgIpc) is 3.45. The fraction of sp³-hybridized carbons (Fsp3) is 0.167. The molecule has 2 N–H and O–H groups in total.